The number of hydrogen-bond donors (Lipinski definition) is 1. The fraction of sp³-hybridized carbons (Fsp3) is 0.684. The monoisotopic (exact) mass is 288 g/mol. The molecule has 0 aromatic heterocycles. The molecule has 1 aliphatic rings. The Morgan fingerprint density at radius 1 is 1.29 bits per heavy atom. The molecule has 118 valence electrons. The zero-order chi connectivity index (χ0) is 15.4. The summed E-state index contributed by atoms with van der Waals surface area (Å²) in [6.45, 7) is 14.9. The second kappa shape index (κ2) is 7.42. The lowest BCUT2D eigenvalue weighted by molar-refractivity contribution is 0.0753. The summed E-state index contributed by atoms with van der Waals surface area (Å²) in [6, 6.07) is 10.2. The van der Waals surface area contributed by atoms with E-state index in [9.17, 15) is 0 Å². The summed E-state index contributed by atoms with van der Waals surface area (Å²) in [5, 5.41) is 3.79. The van der Waals surface area contributed by atoms with Gasteiger partial charge >= 0.3 is 0 Å². The third-order valence-corrected chi connectivity index (χ3v) is 5.06. The molecule has 1 aromatic rings. The summed E-state index contributed by atoms with van der Waals surface area (Å²) in [5.74, 6) is 1.44. The summed E-state index contributed by atoms with van der Waals surface area (Å²) in [7, 11) is 0. The van der Waals surface area contributed by atoms with Gasteiger partial charge in [0.05, 0.1) is 0 Å². The maximum atomic E-state index is 3.79. The van der Waals surface area contributed by atoms with Gasteiger partial charge in [-0.05, 0) is 24.3 Å². The van der Waals surface area contributed by atoms with Crippen molar-refractivity contribution in [1.82, 2.24) is 10.2 Å². The molecule has 0 aliphatic carbocycles. The lowest BCUT2D eigenvalue weighted by atomic mass is 9.91. The Kier molecular flexibility index (Phi) is 5.83. The molecular formula is C19H32N2. The van der Waals surface area contributed by atoms with Crippen molar-refractivity contribution in [2.24, 2.45) is 11.8 Å². The minimum atomic E-state index is 0.634. The average Bonchev–Trinajstić information content (AvgIpc) is 2.46. The first-order chi connectivity index (χ1) is 10.0. The van der Waals surface area contributed by atoms with Crippen molar-refractivity contribution in [3.05, 3.63) is 35.4 Å². The molecule has 0 spiro atoms. The van der Waals surface area contributed by atoms with Crippen LogP contribution in [0.15, 0.2) is 24.3 Å². The normalized spacial score (nSPS) is 25.2. The van der Waals surface area contributed by atoms with Gasteiger partial charge in [0.25, 0.3) is 0 Å². The highest BCUT2D eigenvalue weighted by atomic mass is 15.2. The Bertz CT molecular complexity index is 441. The predicted molar refractivity (Wildman–Crippen MR) is 91.5 cm³/mol. The minimum absolute atomic E-state index is 0.634. The van der Waals surface area contributed by atoms with Crippen molar-refractivity contribution in [2.45, 2.75) is 59.7 Å². The molecule has 1 aliphatic heterocycles. The number of benzene rings is 1. The van der Waals surface area contributed by atoms with Crippen LogP contribution in [0.2, 0.25) is 0 Å². The number of rotatable bonds is 5. The fourth-order valence-electron chi connectivity index (χ4n) is 3.40. The number of hydrogen-bond acceptors (Lipinski definition) is 2. The summed E-state index contributed by atoms with van der Waals surface area (Å²) >= 11 is 0. The van der Waals surface area contributed by atoms with E-state index in [1.54, 1.807) is 0 Å². The van der Waals surface area contributed by atoms with Crippen molar-refractivity contribution in [3.63, 3.8) is 0 Å². The Labute approximate surface area is 130 Å². The lowest BCUT2D eigenvalue weighted by Gasteiger charge is -2.44. The van der Waals surface area contributed by atoms with Crippen molar-refractivity contribution in [1.29, 1.82) is 0 Å². The molecule has 1 aromatic carbocycles. The molecule has 2 heteroatoms. The van der Waals surface area contributed by atoms with Gasteiger partial charge in [0, 0.05) is 31.7 Å². The standard InChI is InChI=1S/C19H32N2/c1-6-16(5)18-13-21(19(11-20-18)14(2)3)12-17-9-7-8-15(4)10-17/h7-10,14,16,18-20H,6,11-13H2,1-5H3. The number of aryl methyl sites for hydroxylation is 1. The van der Waals surface area contributed by atoms with Gasteiger partial charge in [-0.15, -0.1) is 0 Å². The maximum absolute atomic E-state index is 3.79. The van der Waals surface area contributed by atoms with E-state index >= 15 is 0 Å². The van der Waals surface area contributed by atoms with Crippen molar-refractivity contribution < 1.29 is 0 Å². The van der Waals surface area contributed by atoms with Gasteiger partial charge < -0.3 is 5.32 Å². The molecule has 3 unspecified atom stereocenters. The Morgan fingerprint density at radius 2 is 2.05 bits per heavy atom. The summed E-state index contributed by atoms with van der Waals surface area (Å²) in [4.78, 5) is 2.70. The summed E-state index contributed by atoms with van der Waals surface area (Å²) < 4.78 is 0. The van der Waals surface area contributed by atoms with E-state index < -0.39 is 0 Å². The van der Waals surface area contributed by atoms with E-state index in [-0.39, 0.29) is 0 Å². The molecule has 0 amide bonds. The number of nitrogens with one attached hydrogen (secondary N) is 1. The molecule has 1 N–H and O–H groups in total. The van der Waals surface area contributed by atoms with Crippen LogP contribution in [0.25, 0.3) is 0 Å². The van der Waals surface area contributed by atoms with Gasteiger partial charge in [-0.3, -0.25) is 4.90 Å². The van der Waals surface area contributed by atoms with Crippen LogP contribution < -0.4 is 5.32 Å². The first-order valence-electron chi connectivity index (χ1n) is 8.54. The highest BCUT2D eigenvalue weighted by Crippen LogP contribution is 2.22. The smallest absolute Gasteiger partial charge is 0.0247 e. The van der Waals surface area contributed by atoms with Crippen molar-refractivity contribution in [2.75, 3.05) is 13.1 Å². The second-order valence-corrected chi connectivity index (χ2v) is 7.13. The van der Waals surface area contributed by atoms with Gasteiger partial charge in [-0.1, -0.05) is 63.9 Å². The highest BCUT2D eigenvalue weighted by molar-refractivity contribution is 5.22. The Morgan fingerprint density at radius 3 is 2.67 bits per heavy atom. The van der Waals surface area contributed by atoms with E-state index in [1.165, 1.54) is 24.1 Å². The molecular weight excluding hydrogens is 256 g/mol. The van der Waals surface area contributed by atoms with Crippen LogP contribution >= 0.6 is 0 Å². The highest BCUT2D eigenvalue weighted by Gasteiger charge is 2.31. The van der Waals surface area contributed by atoms with Crippen LogP contribution in [0.5, 0.6) is 0 Å². The molecule has 3 atom stereocenters. The van der Waals surface area contributed by atoms with E-state index in [4.69, 9.17) is 0 Å². The summed E-state index contributed by atoms with van der Waals surface area (Å²) in [6.07, 6.45) is 1.25. The molecule has 0 bridgehead atoms. The zero-order valence-electron chi connectivity index (χ0n) is 14.4. The fourth-order valence-corrected chi connectivity index (χ4v) is 3.40. The van der Waals surface area contributed by atoms with Gasteiger partial charge in [0.1, 0.15) is 0 Å². The predicted octanol–water partition coefficient (Wildman–Crippen LogP) is 3.84. The van der Waals surface area contributed by atoms with E-state index in [1.807, 2.05) is 0 Å². The van der Waals surface area contributed by atoms with E-state index in [0.29, 0.717) is 18.0 Å². The average molecular weight is 288 g/mol. The van der Waals surface area contributed by atoms with Crippen LogP contribution in [-0.2, 0) is 6.54 Å². The quantitative estimate of drug-likeness (QED) is 0.885. The first kappa shape index (κ1) is 16.5. The molecule has 0 saturated carbocycles. The minimum Gasteiger partial charge on any atom is -0.311 e. The van der Waals surface area contributed by atoms with Crippen LogP contribution in [0.1, 0.15) is 45.2 Å². The van der Waals surface area contributed by atoms with Crippen molar-refractivity contribution >= 4 is 0 Å². The summed E-state index contributed by atoms with van der Waals surface area (Å²) in [5.41, 5.74) is 2.81. The van der Waals surface area contributed by atoms with Gasteiger partial charge in [-0.25, -0.2) is 0 Å². The maximum Gasteiger partial charge on any atom is 0.0247 e. The molecule has 21 heavy (non-hydrogen) atoms. The van der Waals surface area contributed by atoms with E-state index in [2.05, 4.69) is 69.1 Å². The molecule has 1 heterocycles. The van der Waals surface area contributed by atoms with Crippen LogP contribution in [0.4, 0.5) is 0 Å². The topological polar surface area (TPSA) is 15.3 Å². The van der Waals surface area contributed by atoms with Gasteiger partial charge in [0.2, 0.25) is 0 Å². The lowest BCUT2D eigenvalue weighted by Crippen LogP contribution is -2.59. The number of nitrogens with zero attached hydrogens (tertiary/aromatic N) is 1. The van der Waals surface area contributed by atoms with Crippen LogP contribution in [-0.4, -0.2) is 30.1 Å². The SMILES string of the molecule is CCC(C)C1CN(Cc2cccc(C)c2)C(C(C)C)CN1. The van der Waals surface area contributed by atoms with Gasteiger partial charge in [0.15, 0.2) is 0 Å². The molecule has 2 nitrogen and oxygen atoms in total. The third-order valence-electron chi connectivity index (χ3n) is 5.06. The Balaban J connectivity index is 2.10. The molecule has 1 saturated heterocycles. The second-order valence-electron chi connectivity index (χ2n) is 7.13. The van der Waals surface area contributed by atoms with Crippen molar-refractivity contribution in [3.8, 4) is 0 Å². The van der Waals surface area contributed by atoms with E-state index in [0.717, 1.165) is 19.0 Å². The molecule has 1 fully saturated rings. The van der Waals surface area contributed by atoms with Gasteiger partial charge in [-0.2, -0.15) is 0 Å². The molecule has 2 rings (SSSR count). The third kappa shape index (κ3) is 4.31. The largest absolute Gasteiger partial charge is 0.311 e. The molecule has 0 radical (unpaired) electrons. The van der Waals surface area contributed by atoms with Crippen LogP contribution in [0.3, 0.4) is 0 Å². The number of piperazine rings is 1. The van der Waals surface area contributed by atoms with Crippen LogP contribution in [0, 0.1) is 18.8 Å². The zero-order valence-corrected chi connectivity index (χ0v) is 14.4. The first-order valence-corrected chi connectivity index (χ1v) is 8.54. The Hall–Kier alpha value is -0.860.